The lowest BCUT2D eigenvalue weighted by Gasteiger charge is -2.16. The van der Waals surface area contributed by atoms with Crippen LogP contribution in [-0.4, -0.2) is 27.2 Å². The number of nitrogens with one attached hydrogen (secondary N) is 1. The fourth-order valence-corrected chi connectivity index (χ4v) is 3.72. The molecule has 1 atom stereocenters. The Morgan fingerprint density at radius 1 is 1.07 bits per heavy atom. The molecule has 1 amide bonds. The smallest absolute Gasteiger partial charge is 0.240 e. The molecular weight excluding hydrogens is 362 g/mol. The number of amides is 1. The third kappa shape index (κ3) is 4.15. The number of benzene rings is 3. The van der Waals surface area contributed by atoms with Crippen molar-refractivity contribution in [2.45, 2.75) is 32.4 Å². The Morgan fingerprint density at radius 3 is 2.66 bits per heavy atom. The highest BCUT2D eigenvalue weighted by Crippen LogP contribution is 2.21. The number of imidazole rings is 1. The number of nitrogens with zero attached hydrogens (tertiary/aromatic N) is 2. The van der Waals surface area contributed by atoms with Crippen LogP contribution in [0, 0.1) is 0 Å². The molecule has 0 spiro atoms. The average Bonchev–Trinajstić information content (AvgIpc) is 3.09. The van der Waals surface area contributed by atoms with Crippen molar-refractivity contribution in [2.75, 3.05) is 6.61 Å². The number of aliphatic hydroxyl groups is 1. The SMILES string of the molecule is CC(NC(=O)Cn1c(CCCO)nc2ccccc21)c1ccc2ccccc2c1. The maximum Gasteiger partial charge on any atom is 0.240 e. The molecule has 3 aromatic carbocycles. The first-order valence-corrected chi connectivity index (χ1v) is 9.99. The molecule has 0 aliphatic rings. The summed E-state index contributed by atoms with van der Waals surface area (Å²) in [6, 6.07) is 22.2. The van der Waals surface area contributed by atoms with Crippen LogP contribution in [0.4, 0.5) is 0 Å². The van der Waals surface area contributed by atoms with E-state index in [2.05, 4.69) is 40.6 Å². The van der Waals surface area contributed by atoms with Gasteiger partial charge >= 0.3 is 0 Å². The number of para-hydroxylation sites is 2. The number of fused-ring (bicyclic) bond motifs is 2. The Bertz CT molecular complexity index is 1150. The van der Waals surface area contributed by atoms with Crippen molar-refractivity contribution in [3.05, 3.63) is 78.1 Å². The van der Waals surface area contributed by atoms with E-state index in [0.717, 1.165) is 27.8 Å². The van der Waals surface area contributed by atoms with E-state index in [1.54, 1.807) is 0 Å². The van der Waals surface area contributed by atoms with E-state index in [0.29, 0.717) is 12.8 Å². The van der Waals surface area contributed by atoms with Crippen molar-refractivity contribution < 1.29 is 9.90 Å². The molecule has 0 saturated carbocycles. The molecule has 0 saturated heterocycles. The molecule has 0 bridgehead atoms. The lowest BCUT2D eigenvalue weighted by molar-refractivity contribution is -0.122. The Kier molecular flexibility index (Phi) is 5.58. The molecule has 0 radical (unpaired) electrons. The zero-order valence-electron chi connectivity index (χ0n) is 16.5. The molecule has 29 heavy (non-hydrogen) atoms. The number of carbonyl (C=O) groups is 1. The van der Waals surface area contributed by atoms with Gasteiger partial charge in [0, 0.05) is 13.0 Å². The van der Waals surface area contributed by atoms with E-state index >= 15 is 0 Å². The second-order valence-corrected chi connectivity index (χ2v) is 7.33. The summed E-state index contributed by atoms with van der Waals surface area (Å²) in [5.74, 6) is 0.771. The molecule has 0 fully saturated rings. The molecule has 5 heteroatoms. The molecule has 0 aliphatic heterocycles. The molecule has 148 valence electrons. The predicted molar refractivity (Wildman–Crippen MR) is 116 cm³/mol. The van der Waals surface area contributed by atoms with Crippen LogP contribution in [0.25, 0.3) is 21.8 Å². The van der Waals surface area contributed by atoms with Gasteiger partial charge in [-0.25, -0.2) is 4.98 Å². The summed E-state index contributed by atoms with van der Waals surface area (Å²) >= 11 is 0. The van der Waals surface area contributed by atoms with E-state index in [-0.39, 0.29) is 25.1 Å². The standard InChI is InChI=1S/C24H25N3O2/c1-17(19-13-12-18-7-2-3-8-20(18)15-19)25-24(29)16-27-22-10-5-4-9-21(22)26-23(27)11-6-14-28/h2-5,7-10,12-13,15,17,28H,6,11,14,16H2,1H3,(H,25,29). The molecule has 2 N–H and O–H groups in total. The van der Waals surface area contributed by atoms with Crippen molar-refractivity contribution in [2.24, 2.45) is 0 Å². The second kappa shape index (κ2) is 8.45. The molecular formula is C24H25N3O2. The lowest BCUT2D eigenvalue weighted by atomic mass is 10.0. The monoisotopic (exact) mass is 387 g/mol. The van der Waals surface area contributed by atoms with E-state index < -0.39 is 0 Å². The summed E-state index contributed by atoms with van der Waals surface area (Å²) < 4.78 is 1.95. The van der Waals surface area contributed by atoms with E-state index in [9.17, 15) is 9.90 Å². The van der Waals surface area contributed by atoms with Crippen LogP contribution >= 0.6 is 0 Å². The van der Waals surface area contributed by atoms with Crippen molar-refractivity contribution in [1.29, 1.82) is 0 Å². The van der Waals surface area contributed by atoms with E-state index in [1.807, 2.05) is 47.9 Å². The maximum absolute atomic E-state index is 12.8. The van der Waals surface area contributed by atoms with Gasteiger partial charge in [0.15, 0.2) is 0 Å². The topological polar surface area (TPSA) is 67.2 Å². The summed E-state index contributed by atoms with van der Waals surface area (Å²) in [5, 5.41) is 14.6. The lowest BCUT2D eigenvalue weighted by Crippen LogP contribution is -2.30. The van der Waals surface area contributed by atoms with E-state index in [4.69, 9.17) is 0 Å². The molecule has 1 unspecified atom stereocenters. The van der Waals surface area contributed by atoms with Crippen molar-refractivity contribution in [3.63, 3.8) is 0 Å². The van der Waals surface area contributed by atoms with Gasteiger partial charge in [-0.1, -0.05) is 48.5 Å². The minimum absolute atomic E-state index is 0.0564. The Hall–Kier alpha value is -3.18. The van der Waals surface area contributed by atoms with Crippen LogP contribution in [-0.2, 0) is 17.8 Å². The Balaban J connectivity index is 1.52. The van der Waals surface area contributed by atoms with Crippen molar-refractivity contribution in [1.82, 2.24) is 14.9 Å². The highest BCUT2D eigenvalue weighted by atomic mass is 16.3. The van der Waals surface area contributed by atoms with Crippen molar-refractivity contribution in [3.8, 4) is 0 Å². The van der Waals surface area contributed by atoms with Gasteiger partial charge in [-0.3, -0.25) is 4.79 Å². The van der Waals surface area contributed by atoms with Gasteiger partial charge in [0.1, 0.15) is 12.4 Å². The summed E-state index contributed by atoms with van der Waals surface area (Å²) in [4.78, 5) is 17.5. The van der Waals surface area contributed by atoms with Crippen LogP contribution in [0.3, 0.4) is 0 Å². The van der Waals surface area contributed by atoms with Gasteiger partial charge in [0.25, 0.3) is 0 Å². The van der Waals surface area contributed by atoms with Gasteiger partial charge in [-0.2, -0.15) is 0 Å². The quantitative estimate of drug-likeness (QED) is 0.504. The first kappa shape index (κ1) is 19.2. The zero-order chi connectivity index (χ0) is 20.2. The van der Waals surface area contributed by atoms with Crippen molar-refractivity contribution >= 4 is 27.7 Å². The molecule has 4 aromatic rings. The molecule has 0 aliphatic carbocycles. The summed E-state index contributed by atoms with van der Waals surface area (Å²) in [6.07, 6.45) is 1.26. The van der Waals surface area contributed by atoms with Gasteiger partial charge in [-0.05, 0) is 47.9 Å². The number of aliphatic hydroxyl groups excluding tert-OH is 1. The minimum Gasteiger partial charge on any atom is -0.396 e. The second-order valence-electron chi connectivity index (χ2n) is 7.33. The Morgan fingerprint density at radius 2 is 1.83 bits per heavy atom. The van der Waals surface area contributed by atoms with Gasteiger partial charge in [0.2, 0.25) is 5.91 Å². The number of hydrogen-bond donors (Lipinski definition) is 2. The first-order chi connectivity index (χ1) is 14.2. The summed E-state index contributed by atoms with van der Waals surface area (Å²) in [6.45, 7) is 2.31. The first-order valence-electron chi connectivity index (χ1n) is 9.99. The van der Waals surface area contributed by atoms with Crippen LogP contribution in [0.5, 0.6) is 0 Å². The van der Waals surface area contributed by atoms with Crippen LogP contribution in [0.2, 0.25) is 0 Å². The third-order valence-corrected chi connectivity index (χ3v) is 5.24. The highest BCUT2D eigenvalue weighted by Gasteiger charge is 2.15. The number of carbonyl (C=O) groups excluding carboxylic acids is 1. The van der Waals surface area contributed by atoms with Crippen LogP contribution < -0.4 is 5.32 Å². The van der Waals surface area contributed by atoms with Gasteiger partial charge in [0.05, 0.1) is 17.1 Å². The fraction of sp³-hybridized carbons (Fsp3) is 0.250. The zero-order valence-corrected chi connectivity index (χ0v) is 16.5. The minimum atomic E-state index is -0.0946. The van der Waals surface area contributed by atoms with Gasteiger partial charge in [-0.15, -0.1) is 0 Å². The number of hydrogen-bond acceptors (Lipinski definition) is 3. The molecule has 1 heterocycles. The fourth-order valence-electron chi connectivity index (χ4n) is 3.72. The molecule has 5 nitrogen and oxygen atoms in total. The normalized spacial score (nSPS) is 12.3. The third-order valence-electron chi connectivity index (χ3n) is 5.24. The predicted octanol–water partition coefficient (Wildman–Crippen LogP) is 3.99. The molecule has 1 aromatic heterocycles. The number of rotatable bonds is 7. The molecule has 4 rings (SSSR count). The van der Waals surface area contributed by atoms with Gasteiger partial charge < -0.3 is 15.0 Å². The Labute approximate surface area is 170 Å². The highest BCUT2D eigenvalue weighted by molar-refractivity contribution is 5.84. The van der Waals surface area contributed by atoms with Crippen LogP contribution in [0.1, 0.15) is 30.8 Å². The average molecular weight is 387 g/mol. The van der Waals surface area contributed by atoms with E-state index in [1.165, 1.54) is 5.39 Å². The van der Waals surface area contributed by atoms with Crippen LogP contribution in [0.15, 0.2) is 66.7 Å². The maximum atomic E-state index is 12.8. The summed E-state index contributed by atoms with van der Waals surface area (Å²) in [5.41, 5.74) is 2.89. The number of aromatic nitrogens is 2. The largest absolute Gasteiger partial charge is 0.396 e. The summed E-state index contributed by atoms with van der Waals surface area (Å²) in [7, 11) is 0. The number of aryl methyl sites for hydroxylation is 1.